The van der Waals surface area contributed by atoms with E-state index < -0.39 is 10.0 Å². The number of hydrogen-bond acceptors (Lipinski definition) is 5. The quantitative estimate of drug-likeness (QED) is 0.731. The molecule has 0 aliphatic carbocycles. The van der Waals surface area contributed by atoms with E-state index in [1.165, 1.54) is 18.5 Å². The van der Waals surface area contributed by atoms with E-state index in [4.69, 9.17) is 5.14 Å². The maximum atomic E-state index is 13.4. The van der Waals surface area contributed by atoms with Crippen molar-refractivity contribution in [3.8, 4) is 11.3 Å². The monoisotopic (exact) mass is 358 g/mol. The molecule has 0 unspecified atom stereocenters. The fourth-order valence-corrected chi connectivity index (χ4v) is 2.99. The smallest absolute Gasteiger partial charge is 0.213 e. The summed E-state index contributed by atoms with van der Waals surface area (Å²) in [5.74, 6) is -0.0933. The second-order valence-corrected chi connectivity index (χ2v) is 7.05. The van der Waals surface area contributed by atoms with Crippen molar-refractivity contribution in [3.05, 3.63) is 72.3 Å². The first-order chi connectivity index (χ1) is 11.9. The van der Waals surface area contributed by atoms with Crippen LogP contribution in [0.4, 0.5) is 15.9 Å². The first kappa shape index (κ1) is 17.0. The molecule has 0 amide bonds. The van der Waals surface area contributed by atoms with Gasteiger partial charge in [-0.2, -0.15) is 0 Å². The van der Waals surface area contributed by atoms with E-state index in [9.17, 15) is 12.8 Å². The van der Waals surface area contributed by atoms with Crippen molar-refractivity contribution in [2.45, 2.75) is 5.75 Å². The van der Waals surface area contributed by atoms with Gasteiger partial charge < -0.3 is 5.32 Å². The maximum Gasteiger partial charge on any atom is 0.213 e. The van der Waals surface area contributed by atoms with E-state index in [1.54, 1.807) is 42.5 Å². The molecule has 0 aliphatic heterocycles. The molecule has 0 bridgehead atoms. The highest BCUT2D eigenvalue weighted by atomic mass is 32.2. The highest BCUT2D eigenvalue weighted by Crippen LogP contribution is 2.22. The molecule has 8 heteroatoms. The van der Waals surface area contributed by atoms with Crippen molar-refractivity contribution >= 4 is 21.5 Å². The molecular weight excluding hydrogens is 343 g/mol. The van der Waals surface area contributed by atoms with Crippen LogP contribution >= 0.6 is 0 Å². The van der Waals surface area contributed by atoms with Crippen molar-refractivity contribution in [3.63, 3.8) is 0 Å². The number of rotatable bonds is 5. The van der Waals surface area contributed by atoms with E-state index in [-0.39, 0.29) is 11.6 Å². The summed E-state index contributed by atoms with van der Waals surface area (Å²) in [6, 6.07) is 14.6. The van der Waals surface area contributed by atoms with Crippen LogP contribution in [0.15, 0.2) is 60.9 Å². The molecule has 25 heavy (non-hydrogen) atoms. The van der Waals surface area contributed by atoms with E-state index >= 15 is 0 Å². The molecule has 0 saturated carbocycles. The molecule has 3 rings (SSSR count). The van der Waals surface area contributed by atoms with Gasteiger partial charge in [0.2, 0.25) is 10.0 Å². The van der Waals surface area contributed by atoms with Crippen LogP contribution in [0, 0.1) is 5.82 Å². The molecule has 0 atom stereocenters. The number of primary sulfonamides is 1. The number of benzene rings is 2. The van der Waals surface area contributed by atoms with Crippen molar-refractivity contribution in [2.75, 3.05) is 5.32 Å². The zero-order valence-corrected chi connectivity index (χ0v) is 13.9. The average molecular weight is 358 g/mol. The van der Waals surface area contributed by atoms with Gasteiger partial charge in [-0.3, -0.25) is 0 Å². The SMILES string of the molecule is NS(=O)(=O)Cc1cccc(Nc2cc(-c3cccc(F)c3)ncn2)c1. The van der Waals surface area contributed by atoms with Crippen molar-refractivity contribution in [1.29, 1.82) is 0 Å². The molecule has 0 aliphatic rings. The number of anilines is 2. The van der Waals surface area contributed by atoms with Gasteiger partial charge in [0.15, 0.2) is 0 Å². The largest absolute Gasteiger partial charge is 0.340 e. The van der Waals surface area contributed by atoms with Gasteiger partial charge in [0.1, 0.15) is 18.0 Å². The summed E-state index contributed by atoms with van der Waals surface area (Å²) in [4.78, 5) is 8.27. The lowest BCUT2D eigenvalue weighted by atomic mass is 10.1. The highest BCUT2D eigenvalue weighted by Gasteiger charge is 2.07. The third-order valence-corrected chi connectivity index (χ3v) is 4.09. The van der Waals surface area contributed by atoms with Crippen LogP contribution in [0.25, 0.3) is 11.3 Å². The minimum Gasteiger partial charge on any atom is -0.340 e. The number of halogens is 1. The Morgan fingerprint density at radius 3 is 2.60 bits per heavy atom. The number of nitrogens with two attached hydrogens (primary N) is 1. The fraction of sp³-hybridized carbons (Fsp3) is 0.0588. The first-order valence-corrected chi connectivity index (χ1v) is 9.05. The number of aromatic nitrogens is 2. The lowest BCUT2D eigenvalue weighted by molar-refractivity contribution is 0.597. The van der Waals surface area contributed by atoms with Crippen LogP contribution in [0.3, 0.4) is 0 Å². The van der Waals surface area contributed by atoms with Gasteiger partial charge in [0.25, 0.3) is 0 Å². The predicted molar refractivity (Wildman–Crippen MR) is 94.0 cm³/mol. The molecule has 1 aromatic heterocycles. The van der Waals surface area contributed by atoms with Crippen LogP contribution in [-0.4, -0.2) is 18.4 Å². The normalized spacial score (nSPS) is 11.3. The minimum absolute atomic E-state index is 0.249. The third-order valence-electron chi connectivity index (χ3n) is 3.35. The van der Waals surface area contributed by atoms with E-state index in [2.05, 4.69) is 15.3 Å². The summed E-state index contributed by atoms with van der Waals surface area (Å²) in [5.41, 5.74) is 2.42. The van der Waals surface area contributed by atoms with Crippen LogP contribution < -0.4 is 10.5 Å². The van der Waals surface area contributed by atoms with Gasteiger partial charge in [-0.25, -0.2) is 27.9 Å². The Kier molecular flexibility index (Phi) is 4.73. The van der Waals surface area contributed by atoms with E-state index in [0.717, 1.165) is 0 Å². The van der Waals surface area contributed by atoms with Crippen LogP contribution in [-0.2, 0) is 15.8 Å². The summed E-state index contributed by atoms with van der Waals surface area (Å²) >= 11 is 0. The van der Waals surface area contributed by atoms with E-state index in [0.29, 0.717) is 28.3 Å². The average Bonchev–Trinajstić information content (AvgIpc) is 2.54. The Morgan fingerprint density at radius 1 is 1.04 bits per heavy atom. The number of hydrogen-bond donors (Lipinski definition) is 2. The standard InChI is InChI=1S/C17H15FN4O2S/c18-14-5-2-4-13(8-14)16-9-17(21-11-20-16)22-15-6-1-3-12(7-15)10-25(19,23)24/h1-9,11H,10H2,(H2,19,23,24)(H,20,21,22). The van der Waals surface area contributed by atoms with Crippen molar-refractivity contribution in [1.82, 2.24) is 9.97 Å². The zero-order valence-electron chi connectivity index (χ0n) is 13.1. The number of nitrogens with zero attached hydrogens (tertiary/aromatic N) is 2. The molecule has 0 spiro atoms. The molecular formula is C17H15FN4O2S. The molecule has 3 aromatic rings. The van der Waals surface area contributed by atoms with Crippen molar-refractivity contribution in [2.24, 2.45) is 5.14 Å². The first-order valence-electron chi connectivity index (χ1n) is 7.33. The topological polar surface area (TPSA) is 98.0 Å². The van der Waals surface area contributed by atoms with Gasteiger partial charge in [0.05, 0.1) is 11.4 Å². The maximum absolute atomic E-state index is 13.4. The number of nitrogens with one attached hydrogen (secondary N) is 1. The second kappa shape index (κ2) is 6.96. The van der Waals surface area contributed by atoms with Gasteiger partial charge in [0, 0.05) is 17.3 Å². The van der Waals surface area contributed by atoms with Gasteiger partial charge >= 0.3 is 0 Å². The molecule has 0 fully saturated rings. The van der Waals surface area contributed by atoms with Gasteiger partial charge in [-0.05, 0) is 29.8 Å². The Hall–Kier alpha value is -2.84. The molecule has 0 radical (unpaired) electrons. The highest BCUT2D eigenvalue weighted by molar-refractivity contribution is 7.88. The van der Waals surface area contributed by atoms with Crippen molar-refractivity contribution < 1.29 is 12.8 Å². The lowest BCUT2D eigenvalue weighted by Gasteiger charge is -2.09. The summed E-state index contributed by atoms with van der Waals surface area (Å²) < 4.78 is 35.8. The van der Waals surface area contributed by atoms with Crippen LogP contribution in [0.2, 0.25) is 0 Å². The number of sulfonamides is 1. The van der Waals surface area contributed by atoms with Crippen LogP contribution in [0.1, 0.15) is 5.56 Å². The third kappa shape index (κ3) is 4.82. The zero-order chi connectivity index (χ0) is 17.9. The summed E-state index contributed by atoms with van der Waals surface area (Å²) in [6.45, 7) is 0. The Labute approximate surface area is 144 Å². The van der Waals surface area contributed by atoms with Crippen LogP contribution in [0.5, 0.6) is 0 Å². The second-order valence-electron chi connectivity index (χ2n) is 5.43. The summed E-state index contributed by atoms with van der Waals surface area (Å²) in [6.07, 6.45) is 1.37. The molecule has 1 heterocycles. The Morgan fingerprint density at radius 2 is 1.84 bits per heavy atom. The van der Waals surface area contributed by atoms with Gasteiger partial charge in [-0.1, -0.05) is 24.3 Å². The molecule has 3 N–H and O–H groups in total. The minimum atomic E-state index is -3.60. The molecule has 0 saturated heterocycles. The fourth-order valence-electron chi connectivity index (χ4n) is 2.35. The lowest BCUT2D eigenvalue weighted by Crippen LogP contribution is -2.14. The predicted octanol–water partition coefficient (Wildman–Crippen LogP) is 2.81. The Bertz CT molecular complexity index is 1010. The van der Waals surface area contributed by atoms with E-state index in [1.807, 2.05) is 0 Å². The van der Waals surface area contributed by atoms with Gasteiger partial charge in [-0.15, -0.1) is 0 Å². The molecule has 128 valence electrons. The molecule has 6 nitrogen and oxygen atoms in total. The summed E-state index contributed by atoms with van der Waals surface area (Å²) in [5, 5.41) is 8.14. The Balaban J connectivity index is 1.84. The summed E-state index contributed by atoms with van der Waals surface area (Å²) in [7, 11) is -3.60. The molecule has 2 aromatic carbocycles.